The van der Waals surface area contributed by atoms with Crippen LogP contribution in [0.4, 0.5) is 0 Å². The van der Waals surface area contributed by atoms with Gasteiger partial charge in [0.2, 0.25) is 0 Å². The fourth-order valence-corrected chi connectivity index (χ4v) is 4.35. The lowest BCUT2D eigenvalue weighted by molar-refractivity contribution is -0.140. The second-order valence-electron chi connectivity index (χ2n) is 7.17. The number of rotatable bonds is 4. The van der Waals surface area contributed by atoms with Gasteiger partial charge in [-0.15, -0.1) is 0 Å². The summed E-state index contributed by atoms with van der Waals surface area (Å²) in [5.41, 5.74) is 2.41. The molecule has 5 nitrogen and oxygen atoms in total. The first-order valence-electron chi connectivity index (χ1n) is 8.87. The minimum Gasteiger partial charge on any atom is -0.472 e. The molecular weight excluding hydrogens is 412 g/mol. The van der Waals surface area contributed by atoms with E-state index in [0.717, 1.165) is 34.9 Å². The highest BCUT2D eigenvalue weighted by molar-refractivity contribution is 9.10. The first-order valence-corrected chi connectivity index (χ1v) is 9.66. The fourth-order valence-electron chi connectivity index (χ4n) is 4.08. The lowest BCUT2D eigenvalue weighted by atomic mass is 9.68. The molecule has 1 aromatic carbocycles. The van der Waals surface area contributed by atoms with E-state index in [2.05, 4.69) is 15.9 Å². The van der Waals surface area contributed by atoms with Crippen molar-refractivity contribution in [2.75, 3.05) is 6.61 Å². The molecule has 4 rings (SSSR count). The quantitative estimate of drug-likeness (QED) is 0.639. The van der Waals surface area contributed by atoms with E-state index in [9.17, 15) is 9.59 Å². The van der Waals surface area contributed by atoms with Crippen LogP contribution in [0.15, 0.2) is 62.9 Å². The van der Waals surface area contributed by atoms with Crippen molar-refractivity contribution >= 4 is 27.9 Å². The highest BCUT2D eigenvalue weighted by atomic mass is 79.9. The summed E-state index contributed by atoms with van der Waals surface area (Å²) in [6.45, 7) is 2.15. The maximum absolute atomic E-state index is 12.6. The second-order valence-corrected chi connectivity index (χ2v) is 8.09. The number of fused-ring (bicyclic) bond motifs is 1. The molecule has 1 aliphatic carbocycles. The van der Waals surface area contributed by atoms with Crippen LogP contribution in [0.5, 0.6) is 0 Å². The van der Waals surface area contributed by atoms with Gasteiger partial charge in [-0.3, -0.25) is 0 Å². The zero-order chi connectivity index (χ0) is 19.0. The molecule has 1 aliphatic heterocycles. The Morgan fingerprint density at radius 1 is 1.30 bits per heavy atom. The molecule has 0 unspecified atom stereocenters. The Kier molecular flexibility index (Phi) is 4.68. The van der Waals surface area contributed by atoms with E-state index in [1.54, 1.807) is 36.8 Å². The van der Waals surface area contributed by atoms with Gasteiger partial charge in [0.25, 0.3) is 0 Å². The largest absolute Gasteiger partial charge is 0.472 e. The standard InChI is InChI=1S/C21H19BrO5/c1-21-9-2-3-14(12-26-19(23)13-4-6-16(22)7-5-13)17(21)20(24)27-18(21)15-8-10-25-11-15/h4-8,10-11,18H,2-3,9,12H2,1H3/t18-,21+/m0/s1. The van der Waals surface area contributed by atoms with Crippen molar-refractivity contribution < 1.29 is 23.5 Å². The predicted octanol–water partition coefficient (Wildman–Crippen LogP) is 4.98. The molecule has 1 saturated heterocycles. The number of hydrogen-bond acceptors (Lipinski definition) is 5. The Morgan fingerprint density at radius 2 is 2.07 bits per heavy atom. The minimum absolute atomic E-state index is 0.104. The van der Waals surface area contributed by atoms with Crippen LogP contribution < -0.4 is 0 Å². The molecule has 2 atom stereocenters. The molecule has 0 bridgehead atoms. The zero-order valence-electron chi connectivity index (χ0n) is 14.9. The Bertz CT molecular complexity index is 897. The van der Waals surface area contributed by atoms with Crippen LogP contribution in [0.3, 0.4) is 0 Å². The molecular formula is C21H19BrO5. The molecule has 140 valence electrons. The maximum Gasteiger partial charge on any atom is 0.338 e. The van der Waals surface area contributed by atoms with Gasteiger partial charge in [-0.05, 0) is 55.2 Å². The van der Waals surface area contributed by atoms with Crippen molar-refractivity contribution in [2.24, 2.45) is 5.41 Å². The summed E-state index contributed by atoms with van der Waals surface area (Å²) in [5.74, 6) is -0.723. The van der Waals surface area contributed by atoms with Gasteiger partial charge < -0.3 is 13.9 Å². The Labute approximate surface area is 165 Å². The van der Waals surface area contributed by atoms with Crippen LogP contribution in [0.1, 0.15) is 48.2 Å². The van der Waals surface area contributed by atoms with Crippen molar-refractivity contribution in [3.8, 4) is 0 Å². The normalized spacial score (nSPS) is 24.5. The van der Waals surface area contributed by atoms with Crippen molar-refractivity contribution in [1.82, 2.24) is 0 Å². The summed E-state index contributed by atoms with van der Waals surface area (Å²) in [7, 11) is 0. The van der Waals surface area contributed by atoms with Gasteiger partial charge in [0, 0.05) is 21.0 Å². The molecule has 1 aromatic heterocycles. The van der Waals surface area contributed by atoms with Crippen molar-refractivity contribution in [2.45, 2.75) is 32.3 Å². The average Bonchev–Trinajstić information content (AvgIpc) is 3.26. The lowest BCUT2D eigenvalue weighted by Gasteiger charge is -2.33. The van der Waals surface area contributed by atoms with Gasteiger partial charge in [0.05, 0.1) is 18.1 Å². The van der Waals surface area contributed by atoms with Crippen LogP contribution in [0.25, 0.3) is 0 Å². The monoisotopic (exact) mass is 430 g/mol. The molecule has 2 aromatic rings. The van der Waals surface area contributed by atoms with Gasteiger partial charge >= 0.3 is 11.9 Å². The molecule has 0 radical (unpaired) electrons. The third-order valence-corrected chi connectivity index (χ3v) is 5.94. The highest BCUT2D eigenvalue weighted by Crippen LogP contribution is 2.55. The topological polar surface area (TPSA) is 65.7 Å². The van der Waals surface area contributed by atoms with Gasteiger partial charge in [-0.1, -0.05) is 22.9 Å². The number of ether oxygens (including phenoxy) is 2. The highest BCUT2D eigenvalue weighted by Gasteiger charge is 2.53. The summed E-state index contributed by atoms with van der Waals surface area (Å²) < 4.78 is 17.2. The van der Waals surface area contributed by atoms with Crippen LogP contribution in [-0.4, -0.2) is 18.5 Å². The third-order valence-electron chi connectivity index (χ3n) is 5.41. The van der Waals surface area contributed by atoms with E-state index in [4.69, 9.17) is 13.9 Å². The van der Waals surface area contributed by atoms with E-state index in [-0.39, 0.29) is 18.7 Å². The second kappa shape index (κ2) is 7.00. The first-order chi connectivity index (χ1) is 13.0. The zero-order valence-corrected chi connectivity index (χ0v) is 16.5. The van der Waals surface area contributed by atoms with Crippen molar-refractivity contribution in [3.63, 3.8) is 0 Å². The number of hydrogen-bond donors (Lipinski definition) is 0. The van der Waals surface area contributed by atoms with Gasteiger partial charge in [0.15, 0.2) is 0 Å². The van der Waals surface area contributed by atoms with Crippen molar-refractivity contribution in [3.05, 3.63) is 69.6 Å². The van der Waals surface area contributed by atoms with Crippen molar-refractivity contribution in [1.29, 1.82) is 0 Å². The number of cyclic esters (lactones) is 1. The summed E-state index contributed by atoms with van der Waals surface area (Å²) in [6, 6.07) is 8.82. The third kappa shape index (κ3) is 3.23. The average molecular weight is 431 g/mol. The van der Waals surface area contributed by atoms with Crippen LogP contribution in [-0.2, 0) is 14.3 Å². The molecule has 6 heteroatoms. The number of carbonyl (C=O) groups excluding carboxylic acids is 2. The fraction of sp³-hybridized carbons (Fsp3) is 0.333. The number of carbonyl (C=O) groups is 2. The van der Waals surface area contributed by atoms with E-state index in [1.807, 2.05) is 13.0 Å². The van der Waals surface area contributed by atoms with Gasteiger partial charge in [-0.25, -0.2) is 9.59 Å². The maximum atomic E-state index is 12.6. The molecule has 0 amide bonds. The minimum atomic E-state index is -0.432. The van der Waals surface area contributed by atoms with Gasteiger partial charge in [0.1, 0.15) is 12.7 Å². The van der Waals surface area contributed by atoms with E-state index < -0.39 is 11.4 Å². The van der Waals surface area contributed by atoms with Gasteiger partial charge in [-0.2, -0.15) is 0 Å². The number of halogens is 1. The SMILES string of the molecule is C[C@@]12CCCC(COC(=O)c3ccc(Br)cc3)=C1C(=O)O[C@H]2c1ccoc1. The molecule has 2 heterocycles. The summed E-state index contributed by atoms with van der Waals surface area (Å²) in [4.78, 5) is 24.9. The number of benzene rings is 1. The summed E-state index contributed by atoms with van der Waals surface area (Å²) in [6.07, 6.45) is 5.32. The molecule has 2 aliphatic rings. The summed E-state index contributed by atoms with van der Waals surface area (Å²) in [5, 5.41) is 0. The lowest BCUT2D eigenvalue weighted by Crippen LogP contribution is -2.28. The molecule has 1 fully saturated rings. The molecule has 0 N–H and O–H groups in total. The first kappa shape index (κ1) is 18.0. The van der Waals surface area contributed by atoms with E-state index >= 15 is 0 Å². The molecule has 0 spiro atoms. The van der Waals surface area contributed by atoms with Crippen LogP contribution >= 0.6 is 15.9 Å². The number of esters is 2. The van der Waals surface area contributed by atoms with E-state index in [0.29, 0.717) is 11.1 Å². The predicted molar refractivity (Wildman–Crippen MR) is 101 cm³/mol. The Balaban J connectivity index is 1.57. The van der Waals surface area contributed by atoms with E-state index in [1.165, 1.54) is 0 Å². The number of furan rings is 1. The Hall–Kier alpha value is -2.34. The Morgan fingerprint density at radius 3 is 2.78 bits per heavy atom. The van der Waals surface area contributed by atoms with Crippen LogP contribution in [0.2, 0.25) is 0 Å². The molecule has 0 saturated carbocycles. The smallest absolute Gasteiger partial charge is 0.338 e. The van der Waals surface area contributed by atoms with Crippen LogP contribution in [0, 0.1) is 5.41 Å². The molecule has 27 heavy (non-hydrogen) atoms. The summed E-state index contributed by atoms with van der Waals surface area (Å²) >= 11 is 3.34.